The molecule has 24 heavy (non-hydrogen) atoms. The fourth-order valence-corrected chi connectivity index (χ4v) is 2.72. The highest BCUT2D eigenvalue weighted by Crippen LogP contribution is 2.26. The fraction of sp³-hybridized carbons (Fsp3) is 0.333. The van der Waals surface area contributed by atoms with E-state index >= 15 is 0 Å². The molecular formula is C18H20FN3O2. The number of halogens is 1. The van der Waals surface area contributed by atoms with Crippen LogP contribution in [0.2, 0.25) is 0 Å². The number of carbonyl (C=O) groups is 1. The zero-order chi connectivity index (χ0) is 17.1. The Balaban J connectivity index is 1.86. The molecule has 1 aliphatic heterocycles. The Morgan fingerprint density at radius 1 is 1.38 bits per heavy atom. The van der Waals surface area contributed by atoms with Crippen LogP contribution in [-0.2, 0) is 13.0 Å². The maximum atomic E-state index is 14.6. The molecule has 3 rings (SSSR count). The molecule has 2 aromatic rings. The van der Waals surface area contributed by atoms with Crippen LogP contribution in [0.25, 0.3) is 0 Å². The summed E-state index contributed by atoms with van der Waals surface area (Å²) in [6.45, 7) is 5.11. The van der Waals surface area contributed by atoms with Crippen LogP contribution in [-0.4, -0.2) is 23.5 Å². The van der Waals surface area contributed by atoms with Gasteiger partial charge in [0.05, 0.1) is 11.8 Å². The van der Waals surface area contributed by atoms with E-state index in [1.165, 1.54) is 6.20 Å². The van der Waals surface area contributed by atoms with Crippen molar-refractivity contribution < 1.29 is 13.9 Å². The van der Waals surface area contributed by atoms with Crippen molar-refractivity contribution in [3.8, 4) is 5.75 Å². The molecule has 6 heteroatoms. The van der Waals surface area contributed by atoms with Gasteiger partial charge < -0.3 is 15.4 Å². The molecule has 0 spiro atoms. The van der Waals surface area contributed by atoms with Gasteiger partial charge in [-0.1, -0.05) is 6.07 Å². The van der Waals surface area contributed by atoms with E-state index < -0.39 is 5.91 Å². The maximum absolute atomic E-state index is 14.6. The van der Waals surface area contributed by atoms with Crippen molar-refractivity contribution in [3.63, 3.8) is 0 Å². The van der Waals surface area contributed by atoms with Crippen LogP contribution < -0.4 is 15.4 Å². The number of amides is 1. The minimum absolute atomic E-state index is 0.0891. The lowest BCUT2D eigenvalue weighted by Crippen LogP contribution is -2.25. The van der Waals surface area contributed by atoms with Gasteiger partial charge in [0.25, 0.3) is 5.91 Å². The summed E-state index contributed by atoms with van der Waals surface area (Å²) in [6.07, 6.45) is 2.03. The Morgan fingerprint density at radius 2 is 2.21 bits per heavy atom. The summed E-state index contributed by atoms with van der Waals surface area (Å²) >= 11 is 0. The fourth-order valence-electron chi connectivity index (χ4n) is 2.72. The van der Waals surface area contributed by atoms with Crippen LogP contribution in [0.15, 0.2) is 30.5 Å². The molecule has 0 fully saturated rings. The molecule has 1 aromatic heterocycles. The third-order valence-corrected chi connectivity index (χ3v) is 3.80. The number of carbonyl (C=O) groups excluding carboxylic acids is 1. The first-order valence-corrected chi connectivity index (χ1v) is 8.00. The van der Waals surface area contributed by atoms with E-state index in [-0.39, 0.29) is 23.3 Å². The number of nitrogens with one attached hydrogen (secondary N) is 2. The second-order valence-corrected chi connectivity index (χ2v) is 5.96. The molecule has 1 amide bonds. The number of benzene rings is 1. The van der Waals surface area contributed by atoms with Gasteiger partial charge in [-0.05, 0) is 56.1 Å². The molecule has 0 atom stereocenters. The van der Waals surface area contributed by atoms with Crippen molar-refractivity contribution >= 4 is 11.6 Å². The zero-order valence-corrected chi connectivity index (χ0v) is 13.7. The second kappa shape index (κ2) is 6.97. The molecule has 0 unspecified atom stereocenters. The first-order valence-electron chi connectivity index (χ1n) is 8.00. The first-order chi connectivity index (χ1) is 11.6. The average Bonchev–Trinajstić information content (AvgIpc) is 2.57. The number of pyridine rings is 1. The van der Waals surface area contributed by atoms with Crippen LogP contribution >= 0.6 is 0 Å². The van der Waals surface area contributed by atoms with Gasteiger partial charge in [0.2, 0.25) is 0 Å². The molecule has 0 aliphatic carbocycles. The molecule has 2 heterocycles. The van der Waals surface area contributed by atoms with Gasteiger partial charge in [0, 0.05) is 12.7 Å². The van der Waals surface area contributed by atoms with Crippen molar-refractivity contribution in [3.05, 3.63) is 53.1 Å². The highest BCUT2D eigenvalue weighted by atomic mass is 19.1. The van der Waals surface area contributed by atoms with E-state index in [4.69, 9.17) is 4.74 Å². The molecule has 0 saturated heterocycles. The largest absolute Gasteiger partial charge is 0.489 e. The van der Waals surface area contributed by atoms with Crippen molar-refractivity contribution in [2.45, 2.75) is 32.9 Å². The van der Waals surface area contributed by atoms with Gasteiger partial charge in [-0.3, -0.25) is 4.79 Å². The highest BCUT2D eigenvalue weighted by Gasteiger charge is 2.20. The van der Waals surface area contributed by atoms with Crippen LogP contribution in [0.3, 0.4) is 0 Å². The number of anilines is 1. The minimum Gasteiger partial charge on any atom is -0.489 e. The summed E-state index contributed by atoms with van der Waals surface area (Å²) in [6, 6.07) is 6.80. The van der Waals surface area contributed by atoms with Crippen LogP contribution in [0.5, 0.6) is 5.75 Å². The quantitative estimate of drug-likeness (QED) is 0.905. The van der Waals surface area contributed by atoms with Gasteiger partial charge in [0.15, 0.2) is 11.4 Å². The van der Waals surface area contributed by atoms with Crippen molar-refractivity contribution in [2.75, 3.05) is 11.9 Å². The summed E-state index contributed by atoms with van der Waals surface area (Å²) in [5, 5.41) is 5.81. The van der Waals surface area contributed by atoms with Gasteiger partial charge in [-0.2, -0.15) is 0 Å². The topological polar surface area (TPSA) is 63.2 Å². The highest BCUT2D eigenvalue weighted by molar-refractivity contribution is 6.04. The number of hydrogen-bond acceptors (Lipinski definition) is 4. The number of rotatable bonds is 4. The van der Waals surface area contributed by atoms with Gasteiger partial charge in [0.1, 0.15) is 5.82 Å². The summed E-state index contributed by atoms with van der Waals surface area (Å²) in [7, 11) is 0. The molecule has 0 radical (unpaired) electrons. The molecule has 5 nitrogen and oxygen atoms in total. The number of aromatic nitrogens is 1. The molecular weight excluding hydrogens is 309 g/mol. The number of fused-ring (bicyclic) bond motifs is 1. The van der Waals surface area contributed by atoms with Crippen molar-refractivity contribution in [1.29, 1.82) is 0 Å². The summed E-state index contributed by atoms with van der Waals surface area (Å²) < 4.78 is 20.2. The van der Waals surface area contributed by atoms with Gasteiger partial charge in [-0.15, -0.1) is 0 Å². The SMILES string of the molecule is CC(C)Oc1cccnc1C(=O)Nc1ccc2c(c1F)CCNC2. The third-order valence-electron chi connectivity index (χ3n) is 3.80. The van der Waals surface area contributed by atoms with Gasteiger partial charge in [-0.25, -0.2) is 9.37 Å². The zero-order valence-electron chi connectivity index (χ0n) is 13.7. The number of hydrogen-bond donors (Lipinski definition) is 2. The summed E-state index contributed by atoms with van der Waals surface area (Å²) in [4.78, 5) is 16.6. The Labute approximate surface area is 140 Å². The Morgan fingerprint density at radius 3 is 3.00 bits per heavy atom. The van der Waals surface area contributed by atoms with Crippen LogP contribution in [0.1, 0.15) is 35.5 Å². The molecule has 0 bridgehead atoms. The molecule has 0 saturated carbocycles. The molecule has 1 aliphatic rings. The molecule has 126 valence electrons. The summed E-state index contributed by atoms with van der Waals surface area (Å²) in [5.41, 5.74) is 1.90. The van der Waals surface area contributed by atoms with Gasteiger partial charge >= 0.3 is 0 Å². The van der Waals surface area contributed by atoms with E-state index in [2.05, 4.69) is 15.6 Å². The molecule has 1 aromatic carbocycles. The van der Waals surface area contributed by atoms with Crippen molar-refractivity contribution in [2.24, 2.45) is 0 Å². The van der Waals surface area contributed by atoms with E-state index in [1.807, 2.05) is 19.9 Å². The smallest absolute Gasteiger partial charge is 0.278 e. The Bertz CT molecular complexity index is 762. The van der Waals surface area contributed by atoms with Crippen molar-refractivity contribution in [1.82, 2.24) is 10.3 Å². The normalized spacial score (nSPS) is 13.5. The second-order valence-electron chi connectivity index (χ2n) is 5.96. The minimum atomic E-state index is -0.487. The Hall–Kier alpha value is -2.47. The number of nitrogens with zero attached hydrogens (tertiary/aromatic N) is 1. The number of ether oxygens (including phenoxy) is 1. The first kappa shape index (κ1) is 16.4. The van der Waals surface area contributed by atoms with E-state index in [9.17, 15) is 9.18 Å². The maximum Gasteiger partial charge on any atom is 0.278 e. The average molecular weight is 329 g/mol. The summed E-state index contributed by atoms with van der Waals surface area (Å²) in [5.74, 6) is -0.476. The van der Waals surface area contributed by atoms with Crippen LogP contribution in [0.4, 0.5) is 10.1 Å². The lowest BCUT2D eigenvalue weighted by atomic mass is 9.99. The molecule has 2 N–H and O–H groups in total. The van der Waals surface area contributed by atoms with Crippen LogP contribution in [0, 0.1) is 5.82 Å². The lowest BCUT2D eigenvalue weighted by molar-refractivity contribution is 0.101. The van der Waals surface area contributed by atoms with E-state index in [1.54, 1.807) is 18.2 Å². The predicted octanol–water partition coefficient (Wildman–Crippen LogP) is 2.91. The third kappa shape index (κ3) is 3.38. The monoisotopic (exact) mass is 329 g/mol. The standard InChI is InChI=1S/C18H20FN3O2/c1-11(2)24-15-4-3-8-21-17(15)18(23)22-14-6-5-12-10-20-9-7-13(12)16(14)19/h3-6,8,11,20H,7,9-10H2,1-2H3,(H,22,23). The predicted molar refractivity (Wildman–Crippen MR) is 89.8 cm³/mol. The van der Waals surface area contributed by atoms with E-state index in [0.717, 1.165) is 12.1 Å². The lowest BCUT2D eigenvalue weighted by Gasteiger charge is -2.19. The van der Waals surface area contributed by atoms with E-state index in [0.29, 0.717) is 24.3 Å². The Kier molecular flexibility index (Phi) is 4.76.